The van der Waals surface area contributed by atoms with Crippen LogP contribution in [-0.4, -0.2) is 85.4 Å². The molecule has 1 fully saturated rings. The standard InChI is InChI=1S/C14H28N4O2/c1-11(2)18-8-6-17(7-9-18)10-13(19)15-12(3)14(20)16(4)5/h11-12H,6-10H2,1-5H3,(H,15,19). The first kappa shape index (κ1) is 16.9. The molecule has 0 aromatic heterocycles. The number of piperazine rings is 1. The summed E-state index contributed by atoms with van der Waals surface area (Å²) in [5.74, 6) is -0.159. The van der Waals surface area contributed by atoms with E-state index < -0.39 is 6.04 Å². The molecule has 1 atom stereocenters. The molecule has 1 heterocycles. The van der Waals surface area contributed by atoms with Gasteiger partial charge in [0.25, 0.3) is 0 Å². The van der Waals surface area contributed by atoms with Gasteiger partial charge in [-0.25, -0.2) is 0 Å². The number of hydrogen-bond donors (Lipinski definition) is 1. The van der Waals surface area contributed by atoms with Crippen molar-refractivity contribution < 1.29 is 9.59 Å². The molecule has 20 heavy (non-hydrogen) atoms. The number of nitrogens with zero attached hydrogens (tertiary/aromatic N) is 3. The molecule has 1 saturated heterocycles. The fourth-order valence-corrected chi connectivity index (χ4v) is 2.38. The zero-order valence-electron chi connectivity index (χ0n) is 13.3. The first-order valence-corrected chi connectivity index (χ1v) is 7.28. The number of amides is 2. The Morgan fingerprint density at radius 1 is 1.10 bits per heavy atom. The Morgan fingerprint density at radius 3 is 2.10 bits per heavy atom. The first-order valence-electron chi connectivity index (χ1n) is 7.28. The summed E-state index contributed by atoms with van der Waals surface area (Å²) in [7, 11) is 3.38. The Labute approximate surface area is 122 Å². The molecule has 0 radical (unpaired) electrons. The number of hydrogen-bond acceptors (Lipinski definition) is 4. The Balaban J connectivity index is 2.32. The van der Waals surface area contributed by atoms with E-state index in [1.54, 1.807) is 21.0 Å². The summed E-state index contributed by atoms with van der Waals surface area (Å²) in [6, 6.07) is 0.0955. The second kappa shape index (κ2) is 7.59. The molecule has 1 aliphatic rings. The Hall–Kier alpha value is -1.14. The molecule has 0 bridgehead atoms. The van der Waals surface area contributed by atoms with Crippen molar-refractivity contribution in [2.45, 2.75) is 32.9 Å². The molecule has 0 aromatic carbocycles. The number of carbonyl (C=O) groups excluding carboxylic acids is 2. The molecule has 2 amide bonds. The van der Waals surface area contributed by atoms with E-state index in [0.717, 1.165) is 26.2 Å². The second-order valence-electron chi connectivity index (χ2n) is 5.93. The third kappa shape index (κ3) is 5.09. The van der Waals surface area contributed by atoms with E-state index in [-0.39, 0.29) is 11.8 Å². The van der Waals surface area contributed by atoms with Crippen LogP contribution in [0.1, 0.15) is 20.8 Å². The SMILES string of the molecule is CC(NC(=O)CN1CCN(C(C)C)CC1)C(=O)N(C)C. The van der Waals surface area contributed by atoms with Crippen LogP contribution < -0.4 is 5.32 Å². The normalized spacial score (nSPS) is 18.9. The van der Waals surface area contributed by atoms with Gasteiger partial charge in [0.05, 0.1) is 6.54 Å². The number of likely N-dealkylation sites (N-methyl/N-ethyl adjacent to an activating group) is 1. The lowest BCUT2D eigenvalue weighted by Crippen LogP contribution is -2.53. The largest absolute Gasteiger partial charge is 0.347 e. The van der Waals surface area contributed by atoms with Gasteiger partial charge in [-0.05, 0) is 20.8 Å². The summed E-state index contributed by atoms with van der Waals surface area (Å²) < 4.78 is 0. The average Bonchev–Trinajstić information content (AvgIpc) is 2.37. The maximum atomic E-state index is 11.9. The summed E-state index contributed by atoms with van der Waals surface area (Å²) >= 11 is 0. The fourth-order valence-electron chi connectivity index (χ4n) is 2.38. The van der Waals surface area contributed by atoms with Crippen molar-refractivity contribution in [1.29, 1.82) is 0 Å². The van der Waals surface area contributed by atoms with Crippen molar-refractivity contribution in [3.8, 4) is 0 Å². The van der Waals surface area contributed by atoms with Gasteiger partial charge in [0, 0.05) is 46.3 Å². The highest BCUT2D eigenvalue weighted by atomic mass is 16.2. The van der Waals surface area contributed by atoms with E-state index in [4.69, 9.17) is 0 Å². The lowest BCUT2D eigenvalue weighted by Gasteiger charge is -2.36. The monoisotopic (exact) mass is 284 g/mol. The topological polar surface area (TPSA) is 55.9 Å². The predicted octanol–water partition coefficient (Wildman–Crippen LogP) is -0.395. The van der Waals surface area contributed by atoms with Crippen molar-refractivity contribution in [1.82, 2.24) is 20.0 Å². The van der Waals surface area contributed by atoms with Gasteiger partial charge < -0.3 is 10.2 Å². The zero-order chi connectivity index (χ0) is 15.3. The van der Waals surface area contributed by atoms with Crippen LogP contribution in [0.3, 0.4) is 0 Å². The van der Waals surface area contributed by atoms with Crippen LogP contribution in [0, 0.1) is 0 Å². The molecule has 0 saturated carbocycles. The van der Waals surface area contributed by atoms with Crippen LogP contribution >= 0.6 is 0 Å². The van der Waals surface area contributed by atoms with Crippen molar-refractivity contribution >= 4 is 11.8 Å². The van der Waals surface area contributed by atoms with Gasteiger partial charge in [-0.2, -0.15) is 0 Å². The van der Waals surface area contributed by atoms with E-state index in [0.29, 0.717) is 12.6 Å². The maximum Gasteiger partial charge on any atom is 0.244 e. The lowest BCUT2D eigenvalue weighted by molar-refractivity contribution is -0.134. The fraction of sp³-hybridized carbons (Fsp3) is 0.857. The quantitative estimate of drug-likeness (QED) is 0.747. The number of carbonyl (C=O) groups is 2. The highest BCUT2D eigenvalue weighted by Gasteiger charge is 2.22. The molecule has 1 aliphatic heterocycles. The van der Waals surface area contributed by atoms with Crippen LogP contribution in [0.25, 0.3) is 0 Å². The minimum atomic E-state index is -0.463. The van der Waals surface area contributed by atoms with E-state index in [1.165, 1.54) is 4.90 Å². The van der Waals surface area contributed by atoms with Crippen LogP contribution in [0.2, 0.25) is 0 Å². The van der Waals surface area contributed by atoms with Crippen LogP contribution in [-0.2, 0) is 9.59 Å². The van der Waals surface area contributed by atoms with E-state index >= 15 is 0 Å². The van der Waals surface area contributed by atoms with Crippen molar-refractivity contribution in [3.05, 3.63) is 0 Å². The number of rotatable bonds is 5. The third-order valence-electron chi connectivity index (χ3n) is 3.69. The molecular weight excluding hydrogens is 256 g/mol. The van der Waals surface area contributed by atoms with Gasteiger partial charge in [-0.15, -0.1) is 0 Å². The van der Waals surface area contributed by atoms with Crippen LogP contribution in [0.4, 0.5) is 0 Å². The summed E-state index contributed by atoms with van der Waals surface area (Å²) in [4.78, 5) is 29.6. The molecule has 0 aliphatic carbocycles. The van der Waals surface area contributed by atoms with E-state index in [2.05, 4.69) is 29.0 Å². The van der Waals surface area contributed by atoms with Gasteiger partial charge in [-0.3, -0.25) is 19.4 Å². The number of nitrogens with one attached hydrogen (secondary N) is 1. The van der Waals surface area contributed by atoms with Gasteiger partial charge in [0.2, 0.25) is 11.8 Å². The average molecular weight is 284 g/mol. The molecule has 116 valence electrons. The molecule has 6 heteroatoms. The van der Waals surface area contributed by atoms with Gasteiger partial charge in [-0.1, -0.05) is 0 Å². The van der Waals surface area contributed by atoms with Crippen LogP contribution in [0.15, 0.2) is 0 Å². The minimum absolute atomic E-state index is 0.0781. The second-order valence-corrected chi connectivity index (χ2v) is 5.93. The molecule has 0 spiro atoms. The zero-order valence-corrected chi connectivity index (χ0v) is 13.3. The highest BCUT2D eigenvalue weighted by molar-refractivity contribution is 5.87. The van der Waals surface area contributed by atoms with Gasteiger partial charge >= 0.3 is 0 Å². The highest BCUT2D eigenvalue weighted by Crippen LogP contribution is 2.05. The molecular formula is C14H28N4O2. The Bertz CT molecular complexity index is 336. The third-order valence-corrected chi connectivity index (χ3v) is 3.69. The maximum absolute atomic E-state index is 11.9. The van der Waals surface area contributed by atoms with Crippen molar-refractivity contribution in [3.63, 3.8) is 0 Å². The molecule has 1 rings (SSSR count). The van der Waals surface area contributed by atoms with Gasteiger partial charge in [0.15, 0.2) is 0 Å². The smallest absolute Gasteiger partial charge is 0.244 e. The van der Waals surface area contributed by atoms with Crippen molar-refractivity contribution in [2.75, 3.05) is 46.8 Å². The van der Waals surface area contributed by atoms with Crippen molar-refractivity contribution in [2.24, 2.45) is 0 Å². The van der Waals surface area contributed by atoms with Gasteiger partial charge in [0.1, 0.15) is 6.04 Å². The molecule has 1 N–H and O–H groups in total. The summed E-state index contributed by atoms with van der Waals surface area (Å²) in [6.07, 6.45) is 0. The predicted molar refractivity (Wildman–Crippen MR) is 79.4 cm³/mol. The Kier molecular flexibility index (Phi) is 6.42. The Morgan fingerprint density at radius 2 is 1.65 bits per heavy atom. The first-order chi connectivity index (χ1) is 9.31. The minimum Gasteiger partial charge on any atom is -0.347 e. The van der Waals surface area contributed by atoms with Crippen LogP contribution in [0.5, 0.6) is 0 Å². The van der Waals surface area contributed by atoms with E-state index in [1.807, 2.05) is 0 Å². The lowest BCUT2D eigenvalue weighted by atomic mass is 10.2. The summed E-state index contributed by atoms with van der Waals surface area (Å²) in [6.45, 7) is 10.3. The van der Waals surface area contributed by atoms with E-state index in [9.17, 15) is 9.59 Å². The molecule has 6 nitrogen and oxygen atoms in total. The summed E-state index contributed by atoms with van der Waals surface area (Å²) in [5, 5.41) is 2.76. The summed E-state index contributed by atoms with van der Waals surface area (Å²) in [5.41, 5.74) is 0. The molecule has 1 unspecified atom stereocenters. The molecule has 0 aromatic rings.